The lowest BCUT2D eigenvalue weighted by Gasteiger charge is -1.99. The zero-order valence-electron chi connectivity index (χ0n) is 7.20. The molecule has 70 valence electrons. The van der Waals surface area contributed by atoms with Crippen LogP contribution in [0.15, 0.2) is 45.8 Å². The lowest BCUT2D eigenvalue weighted by Crippen LogP contribution is -2.05. The Kier molecular flexibility index (Phi) is 2.45. The van der Waals surface area contributed by atoms with Crippen molar-refractivity contribution in [2.75, 3.05) is 0 Å². The third kappa shape index (κ3) is 1.90. The first kappa shape index (κ1) is 9.15. The van der Waals surface area contributed by atoms with Crippen LogP contribution in [0, 0.1) is 0 Å². The molecule has 2 rings (SSSR count). The summed E-state index contributed by atoms with van der Waals surface area (Å²) in [4.78, 5) is 11.0. The highest BCUT2D eigenvalue weighted by molar-refractivity contribution is 9.10. The lowest BCUT2D eigenvalue weighted by molar-refractivity contribution is 0.991. The van der Waals surface area contributed by atoms with Crippen LogP contribution < -0.4 is 5.56 Å². The van der Waals surface area contributed by atoms with Crippen LogP contribution >= 0.6 is 15.9 Å². The Labute approximate surface area is 88.9 Å². The van der Waals surface area contributed by atoms with Crippen LogP contribution in [0.5, 0.6) is 0 Å². The average molecular weight is 251 g/mol. The number of halogens is 1. The van der Waals surface area contributed by atoms with Gasteiger partial charge in [-0.15, -0.1) is 0 Å². The molecular formula is C10H7BrN2O. The number of aromatic amines is 1. The van der Waals surface area contributed by atoms with Gasteiger partial charge in [0.1, 0.15) is 0 Å². The molecule has 1 aromatic heterocycles. The van der Waals surface area contributed by atoms with Crippen LogP contribution in [-0.4, -0.2) is 10.2 Å². The first-order valence-electron chi connectivity index (χ1n) is 4.06. The number of hydrogen-bond acceptors (Lipinski definition) is 2. The highest BCUT2D eigenvalue weighted by Crippen LogP contribution is 2.20. The molecule has 1 heterocycles. The summed E-state index contributed by atoms with van der Waals surface area (Å²) in [6.45, 7) is 0. The zero-order chi connectivity index (χ0) is 9.97. The minimum absolute atomic E-state index is 0.192. The van der Waals surface area contributed by atoms with Gasteiger partial charge >= 0.3 is 0 Å². The Balaban J connectivity index is 2.55. The largest absolute Gasteiger partial charge is 0.268 e. The van der Waals surface area contributed by atoms with Gasteiger partial charge in [-0.25, -0.2) is 5.10 Å². The summed E-state index contributed by atoms with van der Waals surface area (Å²) in [6.07, 6.45) is 1.63. The average Bonchev–Trinajstić information content (AvgIpc) is 2.18. The lowest BCUT2D eigenvalue weighted by atomic mass is 10.1. The third-order valence-corrected chi connectivity index (χ3v) is 2.32. The summed E-state index contributed by atoms with van der Waals surface area (Å²) < 4.78 is 0.982. The van der Waals surface area contributed by atoms with Gasteiger partial charge < -0.3 is 0 Å². The van der Waals surface area contributed by atoms with Crippen molar-refractivity contribution >= 4 is 15.9 Å². The van der Waals surface area contributed by atoms with Crippen LogP contribution in [0.1, 0.15) is 0 Å². The maximum Gasteiger partial charge on any atom is 0.264 e. The summed E-state index contributed by atoms with van der Waals surface area (Å²) in [7, 11) is 0. The van der Waals surface area contributed by atoms with Crippen molar-refractivity contribution in [3.63, 3.8) is 0 Å². The highest BCUT2D eigenvalue weighted by atomic mass is 79.9. The molecule has 0 bridgehead atoms. The maximum atomic E-state index is 11.0. The van der Waals surface area contributed by atoms with Gasteiger partial charge in [-0.3, -0.25) is 4.79 Å². The number of aromatic nitrogens is 2. The van der Waals surface area contributed by atoms with Gasteiger partial charge in [0.15, 0.2) is 0 Å². The van der Waals surface area contributed by atoms with E-state index in [-0.39, 0.29) is 5.56 Å². The van der Waals surface area contributed by atoms with Gasteiger partial charge in [0, 0.05) is 16.1 Å². The molecule has 0 amide bonds. The Hall–Kier alpha value is -1.42. The van der Waals surface area contributed by atoms with E-state index in [0.717, 1.165) is 15.6 Å². The maximum absolute atomic E-state index is 11.0. The van der Waals surface area contributed by atoms with Crippen molar-refractivity contribution < 1.29 is 0 Å². The minimum atomic E-state index is -0.192. The number of nitrogens with zero attached hydrogens (tertiary/aromatic N) is 1. The fourth-order valence-electron chi connectivity index (χ4n) is 1.20. The number of rotatable bonds is 1. The van der Waals surface area contributed by atoms with E-state index >= 15 is 0 Å². The molecule has 14 heavy (non-hydrogen) atoms. The molecule has 1 N–H and O–H groups in total. The topological polar surface area (TPSA) is 45.8 Å². The summed E-state index contributed by atoms with van der Waals surface area (Å²) in [6, 6.07) is 9.25. The molecule has 0 aliphatic heterocycles. The normalized spacial score (nSPS) is 10.1. The predicted octanol–water partition coefficient (Wildman–Crippen LogP) is 2.20. The third-order valence-electron chi connectivity index (χ3n) is 1.82. The minimum Gasteiger partial charge on any atom is -0.268 e. The molecule has 0 atom stereocenters. The van der Waals surface area contributed by atoms with E-state index in [2.05, 4.69) is 26.1 Å². The van der Waals surface area contributed by atoms with Crippen molar-refractivity contribution in [2.24, 2.45) is 0 Å². The van der Waals surface area contributed by atoms with E-state index in [9.17, 15) is 4.79 Å². The fourth-order valence-corrected chi connectivity index (χ4v) is 1.60. The summed E-state index contributed by atoms with van der Waals surface area (Å²) in [5.74, 6) is 0. The number of nitrogens with one attached hydrogen (secondary N) is 1. The van der Waals surface area contributed by atoms with Crippen LogP contribution in [0.2, 0.25) is 0 Å². The first-order chi connectivity index (χ1) is 6.75. The monoisotopic (exact) mass is 250 g/mol. The van der Waals surface area contributed by atoms with Crippen molar-refractivity contribution in [1.82, 2.24) is 10.2 Å². The Bertz CT molecular complexity index is 507. The van der Waals surface area contributed by atoms with Crippen LogP contribution in [-0.2, 0) is 0 Å². The molecule has 2 aromatic rings. The number of hydrogen-bond donors (Lipinski definition) is 1. The number of benzene rings is 1. The van der Waals surface area contributed by atoms with Gasteiger partial charge in [0.2, 0.25) is 0 Å². The second-order valence-electron chi connectivity index (χ2n) is 2.84. The first-order valence-corrected chi connectivity index (χ1v) is 4.86. The molecule has 0 radical (unpaired) electrons. The van der Waals surface area contributed by atoms with E-state index in [1.165, 1.54) is 6.07 Å². The quantitative estimate of drug-likeness (QED) is 0.844. The molecular weight excluding hydrogens is 244 g/mol. The molecule has 0 spiro atoms. The van der Waals surface area contributed by atoms with Crippen molar-refractivity contribution in [1.29, 1.82) is 0 Å². The number of H-pyrrole nitrogens is 1. The van der Waals surface area contributed by atoms with Crippen LogP contribution in [0.3, 0.4) is 0 Å². The molecule has 3 nitrogen and oxygen atoms in total. The Morgan fingerprint density at radius 1 is 1.21 bits per heavy atom. The molecule has 0 unspecified atom stereocenters. The molecule has 0 saturated heterocycles. The summed E-state index contributed by atoms with van der Waals surface area (Å²) in [5.41, 5.74) is 1.59. The van der Waals surface area contributed by atoms with Crippen LogP contribution in [0.25, 0.3) is 11.1 Å². The van der Waals surface area contributed by atoms with E-state index in [0.29, 0.717) is 0 Å². The Morgan fingerprint density at radius 2 is 2.07 bits per heavy atom. The van der Waals surface area contributed by atoms with E-state index in [1.807, 2.05) is 24.3 Å². The van der Waals surface area contributed by atoms with Gasteiger partial charge in [-0.1, -0.05) is 28.1 Å². The van der Waals surface area contributed by atoms with Gasteiger partial charge in [0.25, 0.3) is 5.56 Å². The molecule has 4 heteroatoms. The Morgan fingerprint density at radius 3 is 2.79 bits per heavy atom. The standard InChI is InChI=1S/C10H7BrN2O/c11-9-3-1-2-7(4-9)8-5-10(14)13-12-6-8/h1-6H,(H,13,14). The molecule has 0 fully saturated rings. The predicted molar refractivity (Wildman–Crippen MR) is 58.0 cm³/mol. The van der Waals surface area contributed by atoms with Gasteiger partial charge in [-0.05, 0) is 17.7 Å². The van der Waals surface area contributed by atoms with E-state index < -0.39 is 0 Å². The van der Waals surface area contributed by atoms with E-state index in [1.54, 1.807) is 6.20 Å². The van der Waals surface area contributed by atoms with E-state index in [4.69, 9.17) is 0 Å². The second kappa shape index (κ2) is 3.75. The molecule has 0 aliphatic rings. The fraction of sp³-hybridized carbons (Fsp3) is 0. The van der Waals surface area contributed by atoms with Crippen molar-refractivity contribution in [3.8, 4) is 11.1 Å². The van der Waals surface area contributed by atoms with Crippen molar-refractivity contribution in [3.05, 3.63) is 51.4 Å². The molecule has 0 aliphatic carbocycles. The van der Waals surface area contributed by atoms with Crippen molar-refractivity contribution in [2.45, 2.75) is 0 Å². The molecule has 0 saturated carbocycles. The SMILES string of the molecule is O=c1cc(-c2cccc(Br)c2)cn[nH]1. The summed E-state index contributed by atoms with van der Waals surface area (Å²) >= 11 is 3.37. The second-order valence-corrected chi connectivity index (χ2v) is 3.76. The smallest absolute Gasteiger partial charge is 0.264 e. The zero-order valence-corrected chi connectivity index (χ0v) is 8.78. The molecule has 1 aromatic carbocycles. The van der Waals surface area contributed by atoms with Crippen LogP contribution in [0.4, 0.5) is 0 Å². The van der Waals surface area contributed by atoms with Gasteiger partial charge in [0.05, 0.1) is 6.20 Å². The summed E-state index contributed by atoms with van der Waals surface area (Å²) in [5, 5.41) is 6.08. The highest BCUT2D eigenvalue weighted by Gasteiger charge is 1.98. The van der Waals surface area contributed by atoms with Gasteiger partial charge in [-0.2, -0.15) is 5.10 Å².